The van der Waals surface area contributed by atoms with Gasteiger partial charge in [-0.05, 0) is 38.3 Å². The number of halogens is 1. The number of hydrogen-bond donors (Lipinski definition) is 0. The lowest BCUT2D eigenvalue weighted by Gasteiger charge is -2.36. The number of hydrogen-bond acceptors (Lipinski definition) is 4. The SMILES string of the molecule is CCN(C(=O)C1CCCCN1C(C)=O)c1cn(-c2cccnc2)nc1Cl. The molecule has 1 unspecified atom stereocenters. The molecule has 1 saturated heterocycles. The first kappa shape index (κ1) is 18.4. The number of anilines is 1. The summed E-state index contributed by atoms with van der Waals surface area (Å²) in [5, 5.41) is 4.54. The van der Waals surface area contributed by atoms with Gasteiger partial charge >= 0.3 is 0 Å². The average Bonchev–Trinajstić information content (AvgIpc) is 3.04. The maximum atomic E-state index is 13.2. The second kappa shape index (κ2) is 7.86. The predicted octanol–water partition coefficient (Wildman–Crippen LogP) is 2.67. The van der Waals surface area contributed by atoms with Gasteiger partial charge < -0.3 is 9.80 Å². The van der Waals surface area contributed by atoms with E-state index in [0.29, 0.717) is 25.2 Å². The zero-order chi connectivity index (χ0) is 18.7. The minimum Gasteiger partial charge on any atom is -0.331 e. The van der Waals surface area contributed by atoms with Gasteiger partial charge in [-0.25, -0.2) is 4.68 Å². The number of likely N-dealkylation sites (N-methyl/N-ethyl adjacent to an activating group) is 1. The van der Waals surface area contributed by atoms with Crippen molar-refractivity contribution in [3.05, 3.63) is 35.9 Å². The molecule has 0 saturated carbocycles. The number of rotatable bonds is 4. The molecule has 2 aromatic heterocycles. The Morgan fingerprint density at radius 3 is 2.85 bits per heavy atom. The highest BCUT2D eigenvalue weighted by atomic mass is 35.5. The molecule has 0 radical (unpaired) electrons. The molecule has 0 spiro atoms. The van der Waals surface area contributed by atoms with Crippen LogP contribution in [0.2, 0.25) is 5.15 Å². The molecule has 1 fully saturated rings. The van der Waals surface area contributed by atoms with Crippen LogP contribution in [0.4, 0.5) is 5.69 Å². The van der Waals surface area contributed by atoms with Crippen LogP contribution < -0.4 is 4.90 Å². The van der Waals surface area contributed by atoms with E-state index in [1.54, 1.807) is 39.1 Å². The number of pyridine rings is 1. The van der Waals surface area contributed by atoms with E-state index < -0.39 is 6.04 Å². The van der Waals surface area contributed by atoms with Gasteiger partial charge in [0.25, 0.3) is 0 Å². The van der Waals surface area contributed by atoms with Crippen molar-refractivity contribution in [2.75, 3.05) is 18.0 Å². The van der Waals surface area contributed by atoms with Crippen LogP contribution in [0.3, 0.4) is 0 Å². The van der Waals surface area contributed by atoms with Gasteiger partial charge in [0.05, 0.1) is 18.1 Å². The van der Waals surface area contributed by atoms with Crippen molar-refractivity contribution in [1.82, 2.24) is 19.7 Å². The summed E-state index contributed by atoms with van der Waals surface area (Å²) in [6.45, 7) is 4.46. The molecule has 2 amide bonds. The van der Waals surface area contributed by atoms with E-state index in [1.165, 1.54) is 6.92 Å². The largest absolute Gasteiger partial charge is 0.331 e. The fourth-order valence-corrected chi connectivity index (χ4v) is 3.57. The summed E-state index contributed by atoms with van der Waals surface area (Å²) in [6, 6.07) is 3.22. The second-order valence-corrected chi connectivity index (χ2v) is 6.63. The lowest BCUT2D eigenvalue weighted by molar-refractivity contribution is -0.139. The van der Waals surface area contributed by atoms with Crippen LogP contribution in [-0.4, -0.2) is 50.6 Å². The normalized spacial score (nSPS) is 17.2. The Morgan fingerprint density at radius 2 is 2.19 bits per heavy atom. The quantitative estimate of drug-likeness (QED) is 0.823. The van der Waals surface area contributed by atoms with Gasteiger partial charge in [0.1, 0.15) is 11.7 Å². The van der Waals surface area contributed by atoms with Crippen LogP contribution in [0, 0.1) is 0 Å². The molecule has 7 nitrogen and oxygen atoms in total. The molecule has 8 heteroatoms. The van der Waals surface area contributed by atoms with Gasteiger partial charge in [0.2, 0.25) is 11.8 Å². The van der Waals surface area contributed by atoms with Crippen molar-refractivity contribution >= 4 is 29.1 Å². The number of likely N-dealkylation sites (tertiary alicyclic amines) is 1. The zero-order valence-electron chi connectivity index (χ0n) is 14.9. The van der Waals surface area contributed by atoms with Crippen molar-refractivity contribution in [3.8, 4) is 5.69 Å². The van der Waals surface area contributed by atoms with Crippen LogP contribution >= 0.6 is 11.6 Å². The zero-order valence-corrected chi connectivity index (χ0v) is 15.7. The molecule has 1 atom stereocenters. The third-order valence-electron chi connectivity index (χ3n) is 4.63. The summed E-state index contributed by atoms with van der Waals surface area (Å²) < 4.78 is 1.60. The Balaban J connectivity index is 1.90. The molecule has 0 aliphatic carbocycles. The molecule has 2 aromatic rings. The molecule has 0 bridgehead atoms. The average molecular weight is 376 g/mol. The highest BCUT2D eigenvalue weighted by Crippen LogP contribution is 2.28. The Bertz CT molecular complexity index is 792. The first-order valence-corrected chi connectivity index (χ1v) is 9.15. The van der Waals surface area contributed by atoms with Crippen molar-refractivity contribution in [2.24, 2.45) is 0 Å². The molecular weight excluding hydrogens is 354 g/mol. The van der Waals surface area contributed by atoms with Crippen LogP contribution in [0.1, 0.15) is 33.1 Å². The fourth-order valence-electron chi connectivity index (χ4n) is 3.34. The topological polar surface area (TPSA) is 71.3 Å². The van der Waals surface area contributed by atoms with E-state index in [9.17, 15) is 9.59 Å². The summed E-state index contributed by atoms with van der Waals surface area (Å²) >= 11 is 6.32. The third kappa shape index (κ3) is 3.58. The maximum absolute atomic E-state index is 13.2. The summed E-state index contributed by atoms with van der Waals surface area (Å²) in [4.78, 5) is 32.4. The summed E-state index contributed by atoms with van der Waals surface area (Å²) in [5.41, 5.74) is 1.30. The minimum atomic E-state index is -0.445. The van der Waals surface area contributed by atoms with E-state index in [4.69, 9.17) is 11.6 Å². The Labute approximate surface area is 157 Å². The molecule has 1 aliphatic heterocycles. The smallest absolute Gasteiger partial charge is 0.249 e. The minimum absolute atomic E-state index is 0.0729. The Kier molecular flexibility index (Phi) is 5.56. The first-order chi connectivity index (χ1) is 12.5. The molecule has 3 rings (SSSR count). The highest BCUT2D eigenvalue weighted by Gasteiger charge is 2.34. The molecular formula is C18H22ClN5O2. The number of piperidine rings is 1. The van der Waals surface area contributed by atoms with Crippen molar-refractivity contribution in [3.63, 3.8) is 0 Å². The van der Waals surface area contributed by atoms with Crippen molar-refractivity contribution in [1.29, 1.82) is 0 Å². The third-order valence-corrected chi connectivity index (χ3v) is 4.90. The van der Waals surface area contributed by atoms with Crippen LogP contribution in [-0.2, 0) is 9.59 Å². The van der Waals surface area contributed by atoms with Crippen molar-refractivity contribution < 1.29 is 9.59 Å². The lowest BCUT2D eigenvalue weighted by atomic mass is 10.0. The van der Waals surface area contributed by atoms with Crippen LogP contribution in [0.5, 0.6) is 0 Å². The van der Waals surface area contributed by atoms with Gasteiger partial charge in [-0.2, -0.15) is 5.10 Å². The molecule has 138 valence electrons. The number of carbonyl (C=O) groups excluding carboxylic acids is 2. The van der Waals surface area contributed by atoms with E-state index in [-0.39, 0.29) is 17.0 Å². The molecule has 0 N–H and O–H groups in total. The highest BCUT2D eigenvalue weighted by molar-refractivity contribution is 6.32. The molecule has 1 aliphatic rings. The summed E-state index contributed by atoms with van der Waals surface area (Å²) in [6.07, 6.45) is 7.60. The maximum Gasteiger partial charge on any atom is 0.249 e. The van der Waals surface area contributed by atoms with Gasteiger partial charge in [-0.3, -0.25) is 14.6 Å². The predicted molar refractivity (Wildman–Crippen MR) is 99.4 cm³/mol. The van der Waals surface area contributed by atoms with E-state index >= 15 is 0 Å². The number of carbonyl (C=O) groups is 2. The van der Waals surface area contributed by atoms with Crippen LogP contribution in [0.15, 0.2) is 30.7 Å². The van der Waals surface area contributed by atoms with Crippen LogP contribution in [0.25, 0.3) is 5.69 Å². The second-order valence-electron chi connectivity index (χ2n) is 6.27. The van der Waals surface area contributed by atoms with Gasteiger partial charge in [-0.15, -0.1) is 0 Å². The van der Waals surface area contributed by atoms with E-state index in [0.717, 1.165) is 18.5 Å². The van der Waals surface area contributed by atoms with E-state index in [1.807, 2.05) is 13.0 Å². The van der Waals surface area contributed by atoms with Gasteiger partial charge in [-0.1, -0.05) is 11.6 Å². The van der Waals surface area contributed by atoms with Gasteiger partial charge in [0.15, 0.2) is 5.15 Å². The monoisotopic (exact) mass is 375 g/mol. The number of amides is 2. The Hall–Kier alpha value is -2.41. The molecule has 0 aromatic carbocycles. The summed E-state index contributed by atoms with van der Waals surface area (Å²) in [5.74, 6) is -0.189. The fraction of sp³-hybridized carbons (Fsp3) is 0.444. The molecule has 26 heavy (non-hydrogen) atoms. The standard InChI is InChI=1S/C18H22ClN5O2/c1-3-22(18(26)15-8-4-5-10-23(15)13(2)25)16-12-24(21-17(16)19)14-7-6-9-20-11-14/h6-7,9,11-12,15H,3-5,8,10H2,1-2H3. The number of aromatic nitrogens is 3. The first-order valence-electron chi connectivity index (χ1n) is 8.77. The van der Waals surface area contributed by atoms with Crippen molar-refractivity contribution in [2.45, 2.75) is 39.2 Å². The van der Waals surface area contributed by atoms with E-state index in [2.05, 4.69) is 10.1 Å². The van der Waals surface area contributed by atoms with Gasteiger partial charge in [0, 0.05) is 26.2 Å². The lowest BCUT2D eigenvalue weighted by Crippen LogP contribution is -2.52. The molecule has 3 heterocycles. The number of nitrogens with zero attached hydrogens (tertiary/aromatic N) is 5. The summed E-state index contributed by atoms with van der Waals surface area (Å²) in [7, 11) is 0. The Morgan fingerprint density at radius 1 is 1.38 bits per heavy atom.